The van der Waals surface area contributed by atoms with Gasteiger partial charge in [-0.3, -0.25) is 4.79 Å². The van der Waals surface area contributed by atoms with Gasteiger partial charge in [0, 0.05) is 37.7 Å². The number of alkyl halides is 1. The van der Waals surface area contributed by atoms with Crippen LogP contribution in [0.15, 0.2) is 59.7 Å². The normalized spacial score (nSPS) is 15.2. The van der Waals surface area contributed by atoms with Crippen LogP contribution in [0.5, 0.6) is 0 Å². The lowest BCUT2D eigenvalue weighted by atomic mass is 10.2. The Balaban J connectivity index is 0.000000319. The molecule has 1 aromatic carbocycles. The lowest BCUT2D eigenvalue weighted by Gasteiger charge is -2.13. The van der Waals surface area contributed by atoms with Crippen molar-refractivity contribution in [2.45, 2.75) is 25.6 Å². The first-order chi connectivity index (χ1) is 15.0. The van der Waals surface area contributed by atoms with Crippen molar-refractivity contribution in [1.29, 1.82) is 0 Å². The smallest absolute Gasteiger partial charge is 0.251 e. The van der Waals surface area contributed by atoms with Gasteiger partial charge in [-0.1, -0.05) is 12.1 Å². The second-order valence-corrected chi connectivity index (χ2v) is 6.63. The number of benzene rings is 1. The number of halogens is 2. The van der Waals surface area contributed by atoms with Crippen molar-refractivity contribution in [3.05, 3.63) is 76.6 Å². The first kappa shape index (κ1) is 24.1. The molecule has 9 heteroatoms. The quantitative estimate of drug-likeness (QED) is 0.660. The zero-order valence-corrected chi connectivity index (χ0v) is 17.2. The maximum Gasteiger partial charge on any atom is 0.251 e. The van der Waals surface area contributed by atoms with Crippen molar-refractivity contribution in [3.8, 4) is 11.3 Å². The predicted molar refractivity (Wildman–Crippen MR) is 115 cm³/mol. The fourth-order valence-electron chi connectivity index (χ4n) is 2.87. The fourth-order valence-corrected chi connectivity index (χ4v) is 2.87. The number of aromatic nitrogens is 3. The SMILES string of the molecule is CO.FC1CCCOC1.Nc1nccc(-c2ccn(Cc3cccc(F)c3)c(=O)c2)n1. The van der Waals surface area contributed by atoms with Crippen molar-refractivity contribution in [2.75, 3.05) is 26.1 Å². The molecule has 2 aromatic heterocycles. The van der Waals surface area contributed by atoms with Gasteiger partial charge in [0.2, 0.25) is 5.95 Å². The summed E-state index contributed by atoms with van der Waals surface area (Å²) in [6.07, 6.45) is 4.09. The second-order valence-electron chi connectivity index (χ2n) is 6.63. The number of aliphatic hydroxyl groups is 1. The second kappa shape index (κ2) is 12.5. The molecule has 3 heterocycles. The van der Waals surface area contributed by atoms with E-state index in [1.54, 1.807) is 30.5 Å². The van der Waals surface area contributed by atoms with Crippen LogP contribution < -0.4 is 11.3 Å². The van der Waals surface area contributed by atoms with E-state index < -0.39 is 6.17 Å². The molecule has 1 saturated heterocycles. The van der Waals surface area contributed by atoms with Crippen LogP contribution >= 0.6 is 0 Å². The molecule has 7 nitrogen and oxygen atoms in total. The van der Waals surface area contributed by atoms with Crippen LogP contribution in [0.1, 0.15) is 18.4 Å². The summed E-state index contributed by atoms with van der Waals surface area (Å²) in [5.74, 6) is -0.167. The minimum atomic E-state index is -0.686. The number of aliphatic hydroxyl groups excluding tert-OH is 1. The minimum absolute atomic E-state index is 0.154. The number of nitrogen functional groups attached to an aromatic ring is 1. The molecule has 4 rings (SSSR count). The fraction of sp³-hybridized carbons (Fsp3) is 0.318. The molecule has 1 atom stereocenters. The number of pyridine rings is 1. The van der Waals surface area contributed by atoms with E-state index in [9.17, 15) is 13.6 Å². The number of nitrogens with two attached hydrogens (primary N) is 1. The number of nitrogens with zero attached hydrogens (tertiary/aromatic N) is 3. The molecule has 0 bridgehead atoms. The molecule has 0 spiro atoms. The molecule has 166 valence electrons. The van der Waals surface area contributed by atoms with Crippen LogP contribution in [0.25, 0.3) is 11.3 Å². The highest BCUT2D eigenvalue weighted by atomic mass is 19.1. The molecule has 0 saturated carbocycles. The molecular formula is C22H26F2N4O3. The lowest BCUT2D eigenvalue weighted by molar-refractivity contribution is 0.0366. The molecule has 0 amide bonds. The summed E-state index contributed by atoms with van der Waals surface area (Å²) in [6, 6.07) is 11.1. The number of hydrogen-bond donors (Lipinski definition) is 2. The van der Waals surface area contributed by atoms with Gasteiger partial charge in [-0.15, -0.1) is 0 Å². The minimum Gasteiger partial charge on any atom is -0.400 e. The molecule has 3 aromatic rings. The molecule has 1 unspecified atom stereocenters. The predicted octanol–water partition coefficient (Wildman–Crippen LogP) is 2.82. The van der Waals surface area contributed by atoms with Crippen LogP contribution in [0.4, 0.5) is 14.7 Å². The number of hydrogen-bond acceptors (Lipinski definition) is 6. The summed E-state index contributed by atoms with van der Waals surface area (Å²) in [6.45, 7) is 1.38. The average Bonchev–Trinajstić information content (AvgIpc) is 2.78. The monoisotopic (exact) mass is 432 g/mol. The topological polar surface area (TPSA) is 103 Å². The molecule has 1 aliphatic heterocycles. The van der Waals surface area contributed by atoms with E-state index in [-0.39, 0.29) is 17.3 Å². The highest BCUT2D eigenvalue weighted by Crippen LogP contribution is 2.15. The number of ether oxygens (including phenoxy) is 1. The van der Waals surface area contributed by atoms with Crippen LogP contribution in [0, 0.1) is 5.82 Å². The number of rotatable bonds is 3. The van der Waals surface area contributed by atoms with E-state index in [0.717, 1.165) is 25.7 Å². The Morgan fingerprint density at radius 2 is 2.06 bits per heavy atom. The Labute approximate surface area is 179 Å². The highest BCUT2D eigenvalue weighted by Gasteiger charge is 2.10. The van der Waals surface area contributed by atoms with Gasteiger partial charge in [0.05, 0.1) is 18.8 Å². The summed E-state index contributed by atoms with van der Waals surface area (Å²) in [5, 5.41) is 7.00. The Hall–Kier alpha value is -3.17. The molecular weight excluding hydrogens is 406 g/mol. The van der Waals surface area contributed by atoms with E-state index in [1.165, 1.54) is 29.0 Å². The summed E-state index contributed by atoms with van der Waals surface area (Å²) in [7, 11) is 1.00. The van der Waals surface area contributed by atoms with E-state index in [2.05, 4.69) is 9.97 Å². The molecule has 0 aliphatic carbocycles. The van der Waals surface area contributed by atoms with Gasteiger partial charge in [-0.2, -0.15) is 0 Å². The van der Waals surface area contributed by atoms with Gasteiger partial charge in [-0.05, 0) is 42.7 Å². The number of anilines is 1. The maximum absolute atomic E-state index is 13.2. The van der Waals surface area contributed by atoms with E-state index in [4.69, 9.17) is 15.6 Å². The van der Waals surface area contributed by atoms with E-state index in [0.29, 0.717) is 30.8 Å². The van der Waals surface area contributed by atoms with Crippen LogP contribution in [0.2, 0.25) is 0 Å². The van der Waals surface area contributed by atoms with Gasteiger partial charge < -0.3 is 20.1 Å². The van der Waals surface area contributed by atoms with Gasteiger partial charge in [-0.25, -0.2) is 18.7 Å². The van der Waals surface area contributed by atoms with Crippen LogP contribution in [0.3, 0.4) is 0 Å². The van der Waals surface area contributed by atoms with E-state index >= 15 is 0 Å². The average molecular weight is 432 g/mol. The Morgan fingerprint density at radius 3 is 2.65 bits per heavy atom. The first-order valence-corrected chi connectivity index (χ1v) is 9.71. The van der Waals surface area contributed by atoms with Crippen molar-refractivity contribution in [3.63, 3.8) is 0 Å². The highest BCUT2D eigenvalue weighted by molar-refractivity contribution is 5.58. The Bertz CT molecular complexity index is 1010. The van der Waals surface area contributed by atoms with Gasteiger partial charge in [0.25, 0.3) is 5.56 Å². The third kappa shape index (κ3) is 7.88. The zero-order valence-electron chi connectivity index (χ0n) is 17.2. The molecule has 31 heavy (non-hydrogen) atoms. The lowest BCUT2D eigenvalue weighted by Crippen LogP contribution is -2.19. The molecule has 1 aliphatic rings. The van der Waals surface area contributed by atoms with Crippen LogP contribution in [-0.4, -0.2) is 46.1 Å². The van der Waals surface area contributed by atoms with E-state index in [1.807, 2.05) is 0 Å². The van der Waals surface area contributed by atoms with Crippen molar-refractivity contribution < 1.29 is 18.6 Å². The Kier molecular flexibility index (Phi) is 9.73. The van der Waals surface area contributed by atoms with Gasteiger partial charge in [0.1, 0.15) is 12.0 Å². The molecule has 1 fully saturated rings. The largest absolute Gasteiger partial charge is 0.400 e. The van der Waals surface area contributed by atoms with Gasteiger partial charge in [0.15, 0.2) is 0 Å². The maximum atomic E-state index is 13.2. The van der Waals surface area contributed by atoms with Crippen molar-refractivity contribution >= 4 is 5.95 Å². The first-order valence-electron chi connectivity index (χ1n) is 9.71. The van der Waals surface area contributed by atoms with Crippen LogP contribution in [-0.2, 0) is 11.3 Å². The van der Waals surface area contributed by atoms with Crippen molar-refractivity contribution in [2.24, 2.45) is 0 Å². The Morgan fingerprint density at radius 1 is 1.26 bits per heavy atom. The summed E-state index contributed by atoms with van der Waals surface area (Å²) >= 11 is 0. The third-order valence-corrected chi connectivity index (χ3v) is 4.31. The van der Waals surface area contributed by atoms with Crippen molar-refractivity contribution in [1.82, 2.24) is 14.5 Å². The summed E-state index contributed by atoms with van der Waals surface area (Å²) < 4.78 is 31.5. The zero-order chi connectivity index (χ0) is 22.6. The summed E-state index contributed by atoms with van der Waals surface area (Å²) in [4.78, 5) is 20.1. The standard InChI is InChI=1S/C16H13FN4O.C5H9FO.CH4O/c17-13-3-1-2-11(8-13)10-21-7-5-12(9-15(21)22)14-4-6-19-16(18)20-14;6-5-2-1-3-7-4-5;1-2/h1-9H,10H2,(H2,18,19,20);5H,1-4H2;2H,1H3. The summed E-state index contributed by atoms with van der Waals surface area (Å²) in [5.41, 5.74) is 7.31. The van der Waals surface area contributed by atoms with Gasteiger partial charge >= 0.3 is 0 Å². The third-order valence-electron chi connectivity index (χ3n) is 4.31. The molecule has 3 N–H and O–H groups in total. The molecule has 0 radical (unpaired) electrons.